The van der Waals surface area contributed by atoms with Crippen LogP contribution in [0, 0.1) is 12.8 Å². The molecule has 1 aromatic carbocycles. The summed E-state index contributed by atoms with van der Waals surface area (Å²) in [5.74, 6) is -0.580. The van der Waals surface area contributed by atoms with Gasteiger partial charge in [-0.25, -0.2) is 9.59 Å². The van der Waals surface area contributed by atoms with Gasteiger partial charge >= 0.3 is 12.0 Å². The molecule has 5 N–H and O–H groups in total. The molecular formula is C26H38Cl2N6O4. The Morgan fingerprint density at radius 1 is 1.11 bits per heavy atom. The molecule has 2 aromatic rings. The van der Waals surface area contributed by atoms with Crippen molar-refractivity contribution in [3.8, 4) is 11.1 Å². The van der Waals surface area contributed by atoms with Gasteiger partial charge in [0.2, 0.25) is 0 Å². The molecule has 1 aliphatic rings. The number of rotatable bonds is 8. The third kappa shape index (κ3) is 7.80. The predicted molar refractivity (Wildman–Crippen MR) is 152 cm³/mol. The van der Waals surface area contributed by atoms with Crippen LogP contribution < -0.4 is 16.8 Å². The number of pyridine rings is 1. The van der Waals surface area contributed by atoms with Gasteiger partial charge < -0.3 is 26.5 Å². The molecule has 1 fully saturated rings. The Balaban J connectivity index is 0.00000361. The monoisotopic (exact) mass is 568 g/mol. The zero-order valence-corrected chi connectivity index (χ0v) is 23.9. The van der Waals surface area contributed by atoms with Crippen LogP contribution in [0.15, 0.2) is 24.3 Å². The van der Waals surface area contributed by atoms with Crippen LogP contribution in [0.4, 0.5) is 10.5 Å². The van der Waals surface area contributed by atoms with Gasteiger partial charge in [-0.1, -0.05) is 45.0 Å². The molecule has 1 saturated heterocycles. The van der Waals surface area contributed by atoms with E-state index in [1.165, 1.54) is 4.90 Å². The van der Waals surface area contributed by atoms with Crippen LogP contribution >= 0.6 is 24.8 Å². The molecule has 3 rings (SSSR count). The standard InChI is InChI=1S/C26H36N6O4.2ClH/c1-5-23(34)36-32-11-10-31(15-22(32)33)26(35)30-25-17(4)29-21(12-16(2)3)20(14-28)24(25)19-8-6-18(13-27)7-9-19;;/h6-9,16H,5,10-15,27-28H2,1-4H3,(H,30,35);2*1H. The SMILES string of the molecule is CCC(=O)ON1CCN(C(=O)Nc2c(C)nc(CC(C)C)c(CN)c2-c2ccc(CN)cc2)CC1=O.Cl.Cl. The van der Waals surface area contributed by atoms with Crippen molar-refractivity contribution in [2.24, 2.45) is 17.4 Å². The molecule has 210 valence electrons. The number of halogens is 2. The first-order chi connectivity index (χ1) is 17.2. The lowest BCUT2D eigenvalue weighted by Crippen LogP contribution is -2.53. The quantitative estimate of drug-likeness (QED) is 0.441. The first kappa shape index (κ1) is 33.1. The minimum Gasteiger partial charge on any atom is -0.338 e. The number of nitrogens with one attached hydrogen (secondary N) is 1. The summed E-state index contributed by atoms with van der Waals surface area (Å²) in [6.45, 7) is 8.54. The molecule has 38 heavy (non-hydrogen) atoms. The van der Waals surface area contributed by atoms with Crippen molar-refractivity contribution in [2.75, 3.05) is 25.0 Å². The van der Waals surface area contributed by atoms with Gasteiger partial charge in [0.1, 0.15) is 6.54 Å². The Bertz CT molecular complexity index is 1130. The molecule has 1 aromatic heterocycles. The van der Waals surface area contributed by atoms with E-state index in [0.717, 1.165) is 39.4 Å². The van der Waals surface area contributed by atoms with Crippen molar-refractivity contribution >= 4 is 48.4 Å². The summed E-state index contributed by atoms with van der Waals surface area (Å²) in [4.78, 5) is 48.5. The highest BCUT2D eigenvalue weighted by atomic mass is 35.5. The average molecular weight is 570 g/mol. The largest absolute Gasteiger partial charge is 0.338 e. The first-order valence-corrected chi connectivity index (χ1v) is 12.3. The van der Waals surface area contributed by atoms with Gasteiger partial charge in [-0.2, -0.15) is 5.06 Å². The number of hydrogen-bond acceptors (Lipinski definition) is 7. The molecule has 0 bridgehead atoms. The highest BCUT2D eigenvalue weighted by Crippen LogP contribution is 2.36. The van der Waals surface area contributed by atoms with E-state index in [9.17, 15) is 14.4 Å². The van der Waals surface area contributed by atoms with E-state index in [-0.39, 0.29) is 57.4 Å². The Hall–Kier alpha value is -2.92. The van der Waals surface area contributed by atoms with Gasteiger partial charge in [-0.3, -0.25) is 9.78 Å². The Labute approximate surface area is 236 Å². The van der Waals surface area contributed by atoms with Gasteiger partial charge in [0.15, 0.2) is 0 Å². The second-order valence-corrected chi connectivity index (χ2v) is 9.24. The fourth-order valence-corrected chi connectivity index (χ4v) is 4.16. The summed E-state index contributed by atoms with van der Waals surface area (Å²) in [6, 6.07) is 7.41. The lowest BCUT2D eigenvalue weighted by molar-refractivity contribution is -0.202. The maximum Gasteiger partial charge on any atom is 0.332 e. The molecular weight excluding hydrogens is 531 g/mol. The van der Waals surface area contributed by atoms with Crippen LogP contribution in [0.5, 0.6) is 0 Å². The number of benzene rings is 1. The van der Waals surface area contributed by atoms with Gasteiger partial charge in [-0.05, 0) is 36.0 Å². The molecule has 0 radical (unpaired) electrons. The van der Waals surface area contributed by atoms with Crippen LogP contribution in [0.3, 0.4) is 0 Å². The summed E-state index contributed by atoms with van der Waals surface area (Å²) in [6.07, 6.45) is 0.911. The minimum atomic E-state index is -0.496. The van der Waals surface area contributed by atoms with Gasteiger partial charge in [0, 0.05) is 37.3 Å². The summed E-state index contributed by atoms with van der Waals surface area (Å²) < 4.78 is 0. The lowest BCUT2D eigenvalue weighted by atomic mass is 9.92. The summed E-state index contributed by atoms with van der Waals surface area (Å²) >= 11 is 0. The van der Waals surface area contributed by atoms with Crippen molar-refractivity contribution in [1.82, 2.24) is 14.9 Å². The Morgan fingerprint density at radius 2 is 1.76 bits per heavy atom. The van der Waals surface area contributed by atoms with Crippen molar-refractivity contribution in [1.29, 1.82) is 0 Å². The number of aryl methyl sites for hydroxylation is 1. The molecule has 10 nitrogen and oxygen atoms in total. The van der Waals surface area contributed by atoms with E-state index >= 15 is 0 Å². The molecule has 0 aliphatic carbocycles. The zero-order chi connectivity index (χ0) is 26.4. The minimum absolute atomic E-state index is 0. The smallest absolute Gasteiger partial charge is 0.332 e. The molecule has 12 heteroatoms. The molecule has 0 atom stereocenters. The van der Waals surface area contributed by atoms with Crippen LogP contribution in [0.25, 0.3) is 11.1 Å². The number of hydroxylamine groups is 2. The number of carbonyl (C=O) groups excluding carboxylic acids is 3. The molecule has 3 amide bonds. The van der Waals surface area contributed by atoms with Gasteiger partial charge in [-0.15, -0.1) is 24.8 Å². The summed E-state index contributed by atoms with van der Waals surface area (Å²) in [7, 11) is 0. The van der Waals surface area contributed by atoms with Gasteiger partial charge in [0.25, 0.3) is 5.91 Å². The number of piperazine rings is 1. The maximum atomic E-state index is 13.3. The van der Waals surface area contributed by atoms with Crippen LogP contribution in [0.1, 0.15) is 49.7 Å². The lowest BCUT2D eigenvalue weighted by Gasteiger charge is -2.33. The van der Waals surface area contributed by atoms with Crippen molar-refractivity contribution in [2.45, 2.75) is 53.6 Å². The van der Waals surface area contributed by atoms with Crippen LogP contribution in [-0.4, -0.2) is 52.5 Å². The zero-order valence-electron chi connectivity index (χ0n) is 22.3. The van der Waals surface area contributed by atoms with E-state index < -0.39 is 17.9 Å². The van der Waals surface area contributed by atoms with Crippen LogP contribution in [0.2, 0.25) is 0 Å². The maximum absolute atomic E-state index is 13.3. The number of aromatic nitrogens is 1. The summed E-state index contributed by atoms with van der Waals surface area (Å²) in [5, 5.41) is 4.00. The predicted octanol–water partition coefficient (Wildman–Crippen LogP) is 3.56. The number of nitrogens with two attached hydrogens (primary N) is 2. The second kappa shape index (κ2) is 14.9. The highest BCUT2D eigenvalue weighted by molar-refractivity contribution is 5.98. The van der Waals surface area contributed by atoms with Crippen molar-refractivity contribution in [3.05, 3.63) is 46.8 Å². The molecule has 0 saturated carbocycles. The van der Waals surface area contributed by atoms with Crippen LogP contribution in [-0.2, 0) is 33.9 Å². The highest BCUT2D eigenvalue weighted by Gasteiger charge is 2.30. The van der Waals surface area contributed by atoms with Gasteiger partial charge in [0.05, 0.1) is 17.9 Å². The van der Waals surface area contributed by atoms with E-state index in [1.807, 2.05) is 31.2 Å². The van der Waals surface area contributed by atoms with E-state index in [1.54, 1.807) is 6.92 Å². The number of carbonyl (C=O) groups is 3. The molecule has 0 spiro atoms. The van der Waals surface area contributed by atoms with Crippen molar-refractivity contribution < 1.29 is 19.2 Å². The number of nitrogens with zero attached hydrogens (tertiary/aromatic N) is 3. The number of urea groups is 1. The first-order valence-electron chi connectivity index (χ1n) is 12.3. The van der Waals surface area contributed by atoms with E-state index in [4.69, 9.17) is 21.3 Å². The fourth-order valence-electron chi connectivity index (χ4n) is 4.16. The fraction of sp³-hybridized carbons (Fsp3) is 0.462. The molecule has 2 heterocycles. The molecule has 1 aliphatic heterocycles. The Kier molecular flexibility index (Phi) is 13.0. The summed E-state index contributed by atoms with van der Waals surface area (Å²) in [5.41, 5.74) is 17.7. The number of hydrogen-bond donors (Lipinski definition) is 3. The number of amides is 3. The second-order valence-electron chi connectivity index (χ2n) is 9.24. The third-order valence-electron chi connectivity index (χ3n) is 6.05. The topological polar surface area (TPSA) is 144 Å². The number of anilines is 1. The average Bonchev–Trinajstić information content (AvgIpc) is 2.86. The normalized spacial score (nSPS) is 13.1. The molecule has 0 unspecified atom stereocenters. The van der Waals surface area contributed by atoms with E-state index in [2.05, 4.69) is 19.2 Å². The Morgan fingerprint density at radius 3 is 2.29 bits per heavy atom. The van der Waals surface area contributed by atoms with E-state index in [0.29, 0.717) is 23.8 Å². The third-order valence-corrected chi connectivity index (χ3v) is 6.05. The van der Waals surface area contributed by atoms with Crippen molar-refractivity contribution in [3.63, 3.8) is 0 Å².